The third-order valence-electron chi connectivity index (χ3n) is 3.81. The van der Waals surface area contributed by atoms with Crippen LogP contribution >= 0.6 is 0 Å². The third kappa shape index (κ3) is 3.08. The Morgan fingerprint density at radius 1 is 1.15 bits per heavy atom. The number of hydrogen-bond acceptors (Lipinski definition) is 4. The summed E-state index contributed by atoms with van der Waals surface area (Å²) in [6, 6.07) is 6.51. The Labute approximate surface area is 120 Å². The summed E-state index contributed by atoms with van der Waals surface area (Å²) in [5, 5.41) is 0. The van der Waals surface area contributed by atoms with E-state index in [2.05, 4.69) is 4.90 Å². The van der Waals surface area contributed by atoms with Crippen LogP contribution < -0.4 is 0 Å². The van der Waals surface area contributed by atoms with Crippen molar-refractivity contribution in [2.45, 2.75) is 23.8 Å². The number of piperidine rings is 1. The summed E-state index contributed by atoms with van der Waals surface area (Å²) in [6.07, 6.45) is 2.40. The fraction of sp³-hybridized carbons (Fsp3) is 0.500. The molecule has 0 amide bonds. The molecule has 0 saturated carbocycles. The van der Waals surface area contributed by atoms with Crippen LogP contribution in [0.5, 0.6) is 0 Å². The fourth-order valence-electron chi connectivity index (χ4n) is 2.47. The number of carbonyl (C=O) groups is 1. The highest BCUT2D eigenvalue weighted by atomic mass is 32.2. The summed E-state index contributed by atoms with van der Waals surface area (Å²) in [5.41, 5.74) is 0.482. The van der Waals surface area contributed by atoms with E-state index in [1.165, 1.54) is 28.6 Å². The quantitative estimate of drug-likeness (QED) is 0.784. The molecule has 1 aromatic carbocycles. The second kappa shape index (κ2) is 6.03. The first-order chi connectivity index (χ1) is 9.45. The molecule has 110 valence electrons. The first kappa shape index (κ1) is 15.2. The minimum atomic E-state index is -3.44. The molecule has 0 spiro atoms. The van der Waals surface area contributed by atoms with E-state index < -0.39 is 10.0 Å². The molecule has 1 aromatic rings. The Kier molecular flexibility index (Phi) is 4.57. The first-order valence-corrected chi connectivity index (χ1v) is 8.11. The lowest BCUT2D eigenvalue weighted by atomic mass is 10.1. The van der Waals surface area contributed by atoms with Gasteiger partial charge in [-0.1, -0.05) is 12.1 Å². The minimum absolute atomic E-state index is 0.256. The molecule has 6 heteroatoms. The van der Waals surface area contributed by atoms with E-state index in [1.807, 2.05) is 14.1 Å². The molecule has 1 aliphatic heterocycles. The maximum Gasteiger partial charge on any atom is 0.243 e. The maximum atomic E-state index is 12.5. The van der Waals surface area contributed by atoms with Crippen LogP contribution in [-0.2, 0) is 10.0 Å². The molecule has 0 radical (unpaired) electrons. The normalized spacial score (nSPS) is 18.4. The van der Waals surface area contributed by atoms with E-state index in [0.717, 1.165) is 12.8 Å². The zero-order valence-electron chi connectivity index (χ0n) is 11.8. The van der Waals surface area contributed by atoms with Crippen molar-refractivity contribution in [3.05, 3.63) is 29.8 Å². The highest BCUT2D eigenvalue weighted by Gasteiger charge is 2.29. The van der Waals surface area contributed by atoms with Gasteiger partial charge < -0.3 is 4.90 Å². The topological polar surface area (TPSA) is 57.7 Å². The molecule has 5 nitrogen and oxygen atoms in total. The zero-order chi connectivity index (χ0) is 14.8. The highest BCUT2D eigenvalue weighted by Crippen LogP contribution is 2.22. The average molecular weight is 296 g/mol. The zero-order valence-corrected chi connectivity index (χ0v) is 12.6. The standard InChI is InChI=1S/C14H20N2O3S/c1-15(2)13-7-9-16(10-8-13)20(18,19)14-5-3-12(11-17)4-6-14/h3-6,11,13H,7-10H2,1-2H3. The molecule has 1 aliphatic rings. The molecular weight excluding hydrogens is 276 g/mol. The van der Waals surface area contributed by atoms with E-state index in [0.29, 0.717) is 31.0 Å². The van der Waals surface area contributed by atoms with Crippen molar-refractivity contribution in [1.29, 1.82) is 0 Å². The molecule has 0 N–H and O–H groups in total. The van der Waals surface area contributed by atoms with E-state index in [9.17, 15) is 13.2 Å². The minimum Gasteiger partial charge on any atom is -0.306 e. The Morgan fingerprint density at radius 2 is 1.70 bits per heavy atom. The van der Waals surface area contributed by atoms with Crippen LogP contribution in [0.25, 0.3) is 0 Å². The summed E-state index contributed by atoms with van der Waals surface area (Å²) < 4.78 is 26.5. The van der Waals surface area contributed by atoms with Gasteiger partial charge in [0.25, 0.3) is 0 Å². The third-order valence-corrected chi connectivity index (χ3v) is 5.72. The predicted molar refractivity (Wildman–Crippen MR) is 77.3 cm³/mol. The van der Waals surface area contributed by atoms with Gasteiger partial charge in [-0.15, -0.1) is 0 Å². The molecule has 0 atom stereocenters. The molecule has 0 bridgehead atoms. The molecule has 1 heterocycles. The van der Waals surface area contributed by atoms with Crippen molar-refractivity contribution in [2.24, 2.45) is 0 Å². The number of carbonyl (C=O) groups excluding carboxylic acids is 1. The van der Waals surface area contributed by atoms with E-state index >= 15 is 0 Å². The van der Waals surface area contributed by atoms with Gasteiger partial charge in [0.05, 0.1) is 4.90 Å². The van der Waals surface area contributed by atoms with Gasteiger partial charge in [-0.25, -0.2) is 8.42 Å². The molecular formula is C14H20N2O3S. The monoisotopic (exact) mass is 296 g/mol. The van der Waals surface area contributed by atoms with Crippen LogP contribution in [0.4, 0.5) is 0 Å². The summed E-state index contributed by atoms with van der Waals surface area (Å²) in [4.78, 5) is 13.0. The smallest absolute Gasteiger partial charge is 0.243 e. The van der Waals surface area contributed by atoms with Gasteiger partial charge in [-0.3, -0.25) is 4.79 Å². The lowest BCUT2D eigenvalue weighted by Gasteiger charge is -2.34. The van der Waals surface area contributed by atoms with Crippen molar-refractivity contribution >= 4 is 16.3 Å². The molecule has 20 heavy (non-hydrogen) atoms. The van der Waals surface area contributed by atoms with Crippen LogP contribution in [-0.4, -0.2) is 57.1 Å². The lowest BCUT2D eigenvalue weighted by molar-refractivity contribution is 0.112. The molecule has 2 rings (SSSR count). The molecule has 1 fully saturated rings. The first-order valence-electron chi connectivity index (χ1n) is 6.67. The van der Waals surface area contributed by atoms with E-state index in [-0.39, 0.29) is 4.90 Å². The van der Waals surface area contributed by atoms with E-state index in [1.54, 1.807) is 0 Å². The van der Waals surface area contributed by atoms with Crippen molar-refractivity contribution in [2.75, 3.05) is 27.2 Å². The van der Waals surface area contributed by atoms with Gasteiger partial charge in [0.1, 0.15) is 6.29 Å². The van der Waals surface area contributed by atoms with Crippen LogP contribution in [0.3, 0.4) is 0 Å². The van der Waals surface area contributed by atoms with Gasteiger partial charge in [0.15, 0.2) is 0 Å². The summed E-state index contributed by atoms with van der Waals surface area (Å²) in [7, 11) is 0.604. The number of nitrogens with zero attached hydrogens (tertiary/aromatic N) is 2. The van der Waals surface area contributed by atoms with Gasteiger partial charge in [0, 0.05) is 24.7 Å². The Hall–Kier alpha value is -1.24. The molecule has 0 aliphatic carbocycles. The number of aldehydes is 1. The number of sulfonamides is 1. The molecule has 1 saturated heterocycles. The lowest BCUT2D eigenvalue weighted by Crippen LogP contribution is -2.44. The van der Waals surface area contributed by atoms with Crippen molar-refractivity contribution in [3.8, 4) is 0 Å². The Bertz CT molecular complexity index is 559. The van der Waals surface area contributed by atoms with Gasteiger partial charge in [-0.05, 0) is 39.1 Å². The fourth-order valence-corrected chi connectivity index (χ4v) is 3.94. The number of benzene rings is 1. The summed E-state index contributed by atoms with van der Waals surface area (Å²) in [6.45, 7) is 1.08. The van der Waals surface area contributed by atoms with Gasteiger partial charge in [0.2, 0.25) is 10.0 Å². The van der Waals surface area contributed by atoms with Crippen molar-refractivity contribution < 1.29 is 13.2 Å². The van der Waals surface area contributed by atoms with Gasteiger partial charge in [-0.2, -0.15) is 4.31 Å². The van der Waals surface area contributed by atoms with Crippen molar-refractivity contribution in [3.63, 3.8) is 0 Å². The van der Waals surface area contributed by atoms with Crippen LogP contribution in [0.15, 0.2) is 29.2 Å². The second-order valence-electron chi connectivity index (χ2n) is 5.29. The van der Waals surface area contributed by atoms with Crippen molar-refractivity contribution in [1.82, 2.24) is 9.21 Å². The second-order valence-corrected chi connectivity index (χ2v) is 7.22. The number of hydrogen-bond donors (Lipinski definition) is 0. The number of rotatable bonds is 4. The largest absolute Gasteiger partial charge is 0.306 e. The Morgan fingerprint density at radius 3 is 2.15 bits per heavy atom. The van der Waals surface area contributed by atoms with Crippen LogP contribution in [0, 0.1) is 0 Å². The van der Waals surface area contributed by atoms with Crippen LogP contribution in [0.2, 0.25) is 0 Å². The molecule has 0 unspecified atom stereocenters. The predicted octanol–water partition coefficient (Wildman–Crippen LogP) is 1.21. The Balaban J connectivity index is 2.13. The highest BCUT2D eigenvalue weighted by molar-refractivity contribution is 7.89. The van der Waals surface area contributed by atoms with E-state index in [4.69, 9.17) is 0 Å². The SMILES string of the molecule is CN(C)C1CCN(S(=O)(=O)c2ccc(C=O)cc2)CC1. The van der Waals surface area contributed by atoms with Gasteiger partial charge >= 0.3 is 0 Å². The summed E-state index contributed by atoms with van der Waals surface area (Å²) >= 11 is 0. The van der Waals surface area contributed by atoms with Crippen LogP contribution in [0.1, 0.15) is 23.2 Å². The average Bonchev–Trinajstić information content (AvgIpc) is 2.47. The molecule has 0 aromatic heterocycles. The summed E-state index contributed by atoms with van der Waals surface area (Å²) in [5.74, 6) is 0. The maximum absolute atomic E-state index is 12.5.